The molecule has 2 heterocycles. The molecule has 1 aliphatic heterocycles. The van der Waals surface area contributed by atoms with Crippen LogP contribution >= 0.6 is 0 Å². The molecule has 5 nitrogen and oxygen atoms in total. The fourth-order valence-corrected chi connectivity index (χ4v) is 3.12. The Morgan fingerprint density at radius 1 is 1.00 bits per heavy atom. The van der Waals surface area contributed by atoms with E-state index in [1.54, 1.807) is 0 Å². The van der Waals surface area contributed by atoms with E-state index in [4.69, 9.17) is 14.0 Å². The van der Waals surface area contributed by atoms with Crippen LogP contribution in [0, 0.1) is 0 Å². The molecule has 27 heavy (non-hydrogen) atoms. The normalized spacial score (nSPS) is 18.1. The van der Waals surface area contributed by atoms with E-state index in [9.17, 15) is 0 Å². The lowest BCUT2D eigenvalue weighted by atomic mass is 9.79. The minimum atomic E-state index is -0.340. The quantitative estimate of drug-likeness (QED) is 0.701. The molecule has 0 aliphatic carbocycles. The minimum absolute atomic E-state index is 0.328. The summed E-state index contributed by atoms with van der Waals surface area (Å²) in [6.07, 6.45) is 1.94. The molecule has 0 saturated carbocycles. The summed E-state index contributed by atoms with van der Waals surface area (Å²) in [6.45, 7) is 13.9. The van der Waals surface area contributed by atoms with Crippen LogP contribution in [0.25, 0.3) is 0 Å². The number of aromatic nitrogens is 2. The van der Waals surface area contributed by atoms with E-state index in [0.717, 1.165) is 36.3 Å². The second-order valence-electron chi connectivity index (χ2n) is 8.06. The maximum atomic E-state index is 6.09. The van der Waals surface area contributed by atoms with Gasteiger partial charge in [-0.15, -0.1) is 0 Å². The number of rotatable bonds is 7. The molecule has 1 fully saturated rings. The first kappa shape index (κ1) is 20.0. The van der Waals surface area contributed by atoms with E-state index in [-0.39, 0.29) is 18.3 Å². The zero-order valence-electron chi connectivity index (χ0n) is 17.4. The zero-order valence-corrected chi connectivity index (χ0v) is 17.4. The van der Waals surface area contributed by atoms with Crippen LogP contribution in [-0.4, -0.2) is 34.7 Å². The lowest BCUT2D eigenvalue weighted by molar-refractivity contribution is 0.00578. The Balaban J connectivity index is 1.57. The molecule has 2 aromatic rings. The van der Waals surface area contributed by atoms with Crippen LogP contribution < -0.4 is 10.2 Å². The summed E-state index contributed by atoms with van der Waals surface area (Å²) in [5.41, 5.74) is 2.75. The minimum Gasteiger partial charge on any atom is -0.492 e. The van der Waals surface area contributed by atoms with Gasteiger partial charge >= 0.3 is 7.12 Å². The molecule has 6 heteroatoms. The Labute approximate surface area is 163 Å². The van der Waals surface area contributed by atoms with Crippen molar-refractivity contribution in [1.82, 2.24) is 9.78 Å². The Bertz CT molecular complexity index is 752. The number of hydrogen-bond donors (Lipinski definition) is 0. The molecule has 0 spiro atoms. The van der Waals surface area contributed by atoms with Gasteiger partial charge in [-0.3, -0.25) is 4.68 Å². The number of aryl methyl sites for hydroxylation is 2. The van der Waals surface area contributed by atoms with Gasteiger partial charge in [0, 0.05) is 5.69 Å². The third kappa shape index (κ3) is 4.22. The SMILES string of the molecule is CCc1cc(CC)n(CCOc2ccc(B3OC(C)(C)C(C)(C)O3)cc2)n1. The smallest absolute Gasteiger partial charge is 0.492 e. The van der Waals surface area contributed by atoms with Gasteiger partial charge in [-0.05, 0) is 64.2 Å². The van der Waals surface area contributed by atoms with Crippen molar-refractivity contribution in [2.45, 2.75) is 72.1 Å². The Morgan fingerprint density at radius 3 is 2.19 bits per heavy atom. The first-order chi connectivity index (χ1) is 12.8. The highest BCUT2D eigenvalue weighted by molar-refractivity contribution is 6.62. The first-order valence-electron chi connectivity index (χ1n) is 9.89. The van der Waals surface area contributed by atoms with Crippen LogP contribution in [-0.2, 0) is 28.7 Å². The summed E-state index contributed by atoms with van der Waals surface area (Å²) in [5, 5.41) is 4.63. The number of nitrogens with zero attached hydrogens (tertiary/aromatic N) is 2. The fourth-order valence-electron chi connectivity index (χ4n) is 3.12. The predicted octanol–water partition coefficient (Wildman–Crippen LogP) is 3.39. The molecule has 3 rings (SSSR count). The van der Waals surface area contributed by atoms with Crippen molar-refractivity contribution >= 4 is 12.6 Å². The predicted molar refractivity (Wildman–Crippen MR) is 109 cm³/mol. The fraction of sp³-hybridized carbons (Fsp3) is 0.571. The molecule has 0 atom stereocenters. The average Bonchev–Trinajstić information content (AvgIpc) is 3.12. The molecule has 1 aromatic carbocycles. The van der Waals surface area contributed by atoms with Crippen molar-refractivity contribution in [3.05, 3.63) is 41.7 Å². The Kier molecular flexibility index (Phi) is 5.68. The van der Waals surface area contributed by atoms with Gasteiger partial charge in [0.15, 0.2) is 0 Å². The summed E-state index contributed by atoms with van der Waals surface area (Å²) in [6, 6.07) is 10.2. The largest absolute Gasteiger partial charge is 0.494 e. The summed E-state index contributed by atoms with van der Waals surface area (Å²) in [7, 11) is -0.340. The third-order valence-corrected chi connectivity index (χ3v) is 5.62. The lowest BCUT2D eigenvalue weighted by Crippen LogP contribution is -2.41. The summed E-state index contributed by atoms with van der Waals surface area (Å²) >= 11 is 0. The number of ether oxygens (including phenoxy) is 1. The molecule has 1 aromatic heterocycles. The van der Waals surface area contributed by atoms with Gasteiger partial charge < -0.3 is 14.0 Å². The molecule has 1 aliphatic rings. The zero-order chi connectivity index (χ0) is 19.7. The lowest BCUT2D eigenvalue weighted by Gasteiger charge is -2.32. The molecule has 0 bridgehead atoms. The van der Waals surface area contributed by atoms with Crippen molar-refractivity contribution in [3.63, 3.8) is 0 Å². The van der Waals surface area contributed by atoms with E-state index >= 15 is 0 Å². The van der Waals surface area contributed by atoms with E-state index in [1.165, 1.54) is 5.69 Å². The van der Waals surface area contributed by atoms with Gasteiger partial charge in [0.25, 0.3) is 0 Å². The van der Waals surface area contributed by atoms with Crippen LogP contribution in [0.5, 0.6) is 5.75 Å². The second kappa shape index (κ2) is 7.68. The molecule has 0 radical (unpaired) electrons. The molecule has 0 unspecified atom stereocenters. The van der Waals surface area contributed by atoms with Crippen LogP contribution in [0.3, 0.4) is 0 Å². The van der Waals surface area contributed by atoms with Crippen molar-refractivity contribution in [2.75, 3.05) is 6.61 Å². The summed E-state index contributed by atoms with van der Waals surface area (Å²) in [5.74, 6) is 0.844. The van der Waals surface area contributed by atoms with Gasteiger partial charge in [-0.25, -0.2) is 0 Å². The summed E-state index contributed by atoms with van der Waals surface area (Å²) < 4.78 is 20.1. The number of hydrogen-bond acceptors (Lipinski definition) is 4. The highest BCUT2D eigenvalue weighted by Crippen LogP contribution is 2.36. The van der Waals surface area contributed by atoms with Crippen molar-refractivity contribution < 1.29 is 14.0 Å². The van der Waals surface area contributed by atoms with Gasteiger partial charge in [0.05, 0.1) is 23.4 Å². The topological polar surface area (TPSA) is 45.5 Å². The van der Waals surface area contributed by atoms with E-state index in [2.05, 4.69) is 57.4 Å². The van der Waals surface area contributed by atoms with Crippen molar-refractivity contribution in [2.24, 2.45) is 0 Å². The Morgan fingerprint density at radius 2 is 1.63 bits per heavy atom. The second-order valence-corrected chi connectivity index (χ2v) is 8.06. The van der Waals surface area contributed by atoms with Crippen LogP contribution in [0.4, 0.5) is 0 Å². The molecular weight excluding hydrogens is 339 g/mol. The standard InChI is InChI=1S/C21H31BN2O3/c1-7-17-15-18(8-2)24(23-17)13-14-25-19-11-9-16(10-12-19)22-26-20(3,4)21(5,6)27-22/h9-12,15H,7-8,13-14H2,1-6H3. The average molecular weight is 370 g/mol. The highest BCUT2D eigenvalue weighted by atomic mass is 16.7. The maximum Gasteiger partial charge on any atom is 0.494 e. The van der Waals surface area contributed by atoms with Crippen LogP contribution in [0.1, 0.15) is 52.9 Å². The van der Waals surface area contributed by atoms with Crippen molar-refractivity contribution in [3.8, 4) is 5.75 Å². The van der Waals surface area contributed by atoms with Gasteiger partial charge in [0.1, 0.15) is 12.4 Å². The summed E-state index contributed by atoms with van der Waals surface area (Å²) in [4.78, 5) is 0. The van der Waals surface area contributed by atoms with Crippen LogP contribution in [0.15, 0.2) is 30.3 Å². The number of benzene rings is 1. The molecular formula is C21H31BN2O3. The Hall–Kier alpha value is -1.79. The van der Waals surface area contributed by atoms with Gasteiger partial charge in [0.2, 0.25) is 0 Å². The first-order valence-corrected chi connectivity index (χ1v) is 9.89. The highest BCUT2D eigenvalue weighted by Gasteiger charge is 2.51. The van der Waals surface area contributed by atoms with Crippen molar-refractivity contribution in [1.29, 1.82) is 0 Å². The maximum absolute atomic E-state index is 6.09. The monoisotopic (exact) mass is 370 g/mol. The molecule has 1 saturated heterocycles. The van der Waals surface area contributed by atoms with E-state index < -0.39 is 0 Å². The van der Waals surface area contributed by atoms with Gasteiger partial charge in [-0.1, -0.05) is 26.0 Å². The van der Waals surface area contributed by atoms with Crippen LogP contribution in [0.2, 0.25) is 0 Å². The van der Waals surface area contributed by atoms with Gasteiger partial charge in [-0.2, -0.15) is 5.10 Å². The van der Waals surface area contributed by atoms with E-state index in [1.807, 2.05) is 24.3 Å². The molecule has 146 valence electrons. The molecule has 0 N–H and O–H groups in total. The molecule has 0 amide bonds. The third-order valence-electron chi connectivity index (χ3n) is 5.62. The van der Waals surface area contributed by atoms with E-state index in [0.29, 0.717) is 6.61 Å².